The highest BCUT2D eigenvalue weighted by atomic mass is 16.4. The molecule has 4 nitrogen and oxygen atoms in total. The van der Waals surface area contributed by atoms with Crippen LogP contribution in [0.1, 0.15) is 0 Å². The van der Waals surface area contributed by atoms with Crippen molar-refractivity contribution in [1.29, 1.82) is 0 Å². The molecule has 0 radical (unpaired) electrons. The van der Waals surface area contributed by atoms with Crippen LogP contribution < -0.4 is 0 Å². The Bertz CT molecular complexity index is 847. The highest BCUT2D eigenvalue weighted by molar-refractivity contribution is 5.61. The molecule has 0 N–H and O–H groups in total. The van der Waals surface area contributed by atoms with Crippen molar-refractivity contribution in [1.82, 2.24) is 14.6 Å². The van der Waals surface area contributed by atoms with Crippen LogP contribution in [0, 0.1) is 0 Å². The second kappa shape index (κ2) is 4.35. The minimum atomic E-state index is 0.597. The van der Waals surface area contributed by atoms with Gasteiger partial charge < -0.3 is 4.42 Å². The van der Waals surface area contributed by atoms with Gasteiger partial charge in [0.2, 0.25) is 11.6 Å². The van der Waals surface area contributed by atoms with E-state index in [0.717, 1.165) is 17.0 Å². The summed E-state index contributed by atoms with van der Waals surface area (Å²) in [4.78, 5) is 4.37. The molecule has 0 atom stereocenters. The fourth-order valence-electron chi connectivity index (χ4n) is 2.19. The lowest BCUT2D eigenvalue weighted by molar-refractivity contribution is 0.617. The van der Waals surface area contributed by atoms with E-state index in [-0.39, 0.29) is 0 Å². The molecule has 0 fully saturated rings. The fraction of sp³-hybridized carbons (Fsp3) is 0. The maximum absolute atomic E-state index is 5.75. The molecular formula is C16H11N3O. The van der Waals surface area contributed by atoms with E-state index in [2.05, 4.69) is 10.1 Å². The van der Waals surface area contributed by atoms with Gasteiger partial charge in [-0.05, 0) is 12.1 Å². The first-order valence-corrected chi connectivity index (χ1v) is 6.37. The average Bonchev–Trinajstić information content (AvgIpc) is 3.09. The smallest absolute Gasteiger partial charge is 0.246 e. The molecule has 0 saturated carbocycles. The molecule has 20 heavy (non-hydrogen) atoms. The Hall–Kier alpha value is -2.88. The molecule has 0 spiro atoms. The van der Waals surface area contributed by atoms with Crippen LogP contribution in [0.15, 0.2) is 71.3 Å². The Morgan fingerprint density at radius 3 is 2.15 bits per heavy atom. The van der Waals surface area contributed by atoms with Crippen molar-refractivity contribution < 1.29 is 4.42 Å². The van der Waals surface area contributed by atoms with E-state index in [0.29, 0.717) is 11.6 Å². The standard InChI is InChI=1S/C16H11N3O/c1-3-7-12(8-4-1)15-17-11-14-19(15)18-16(20-14)13-9-5-2-6-10-13/h1-11H. The molecular weight excluding hydrogens is 250 g/mol. The van der Waals surface area contributed by atoms with Crippen LogP contribution in [0.3, 0.4) is 0 Å². The zero-order valence-corrected chi connectivity index (χ0v) is 10.6. The number of hydrogen-bond donors (Lipinski definition) is 0. The van der Waals surface area contributed by atoms with Gasteiger partial charge in [-0.3, -0.25) is 0 Å². The molecule has 0 aliphatic heterocycles. The molecule has 2 aromatic heterocycles. The summed E-state index contributed by atoms with van der Waals surface area (Å²) in [6.07, 6.45) is 1.70. The van der Waals surface area contributed by atoms with Crippen molar-refractivity contribution in [2.45, 2.75) is 0 Å². The van der Waals surface area contributed by atoms with Gasteiger partial charge in [0.05, 0.1) is 6.20 Å². The number of fused-ring (bicyclic) bond motifs is 1. The van der Waals surface area contributed by atoms with Crippen LogP contribution in [-0.2, 0) is 0 Å². The number of rotatable bonds is 2. The van der Waals surface area contributed by atoms with E-state index < -0.39 is 0 Å². The van der Waals surface area contributed by atoms with Crippen LogP contribution in [0.5, 0.6) is 0 Å². The van der Waals surface area contributed by atoms with Gasteiger partial charge in [0.25, 0.3) is 0 Å². The van der Waals surface area contributed by atoms with E-state index in [4.69, 9.17) is 4.42 Å². The summed E-state index contributed by atoms with van der Waals surface area (Å²) in [7, 11) is 0. The first-order chi connectivity index (χ1) is 9.92. The first kappa shape index (κ1) is 11.0. The molecule has 0 amide bonds. The lowest BCUT2D eigenvalue weighted by Crippen LogP contribution is -1.90. The van der Waals surface area contributed by atoms with Crippen LogP contribution in [0.4, 0.5) is 0 Å². The molecule has 0 aliphatic carbocycles. The predicted molar refractivity (Wildman–Crippen MR) is 76.1 cm³/mol. The van der Waals surface area contributed by atoms with Crippen molar-refractivity contribution in [3.63, 3.8) is 0 Å². The van der Waals surface area contributed by atoms with Gasteiger partial charge in [0.15, 0.2) is 5.82 Å². The maximum Gasteiger partial charge on any atom is 0.246 e. The second-order valence-corrected chi connectivity index (χ2v) is 4.47. The highest BCUT2D eigenvalue weighted by Gasteiger charge is 2.13. The third kappa shape index (κ3) is 1.70. The summed E-state index contributed by atoms with van der Waals surface area (Å²) < 4.78 is 7.48. The van der Waals surface area contributed by atoms with Gasteiger partial charge >= 0.3 is 0 Å². The summed E-state index contributed by atoms with van der Waals surface area (Å²) in [6, 6.07) is 19.8. The quantitative estimate of drug-likeness (QED) is 0.553. The molecule has 0 unspecified atom stereocenters. The van der Waals surface area contributed by atoms with Crippen molar-refractivity contribution in [3.8, 4) is 22.8 Å². The van der Waals surface area contributed by atoms with E-state index in [9.17, 15) is 0 Å². The van der Waals surface area contributed by atoms with Gasteiger partial charge in [-0.2, -0.15) is 4.52 Å². The van der Waals surface area contributed by atoms with E-state index in [1.807, 2.05) is 60.7 Å². The number of benzene rings is 2. The molecule has 4 heteroatoms. The lowest BCUT2D eigenvalue weighted by Gasteiger charge is -1.96. The predicted octanol–water partition coefficient (Wildman–Crippen LogP) is 3.66. The summed E-state index contributed by atoms with van der Waals surface area (Å²) in [6.45, 7) is 0. The Balaban J connectivity index is 1.88. The van der Waals surface area contributed by atoms with Gasteiger partial charge in [-0.25, -0.2) is 4.98 Å². The summed E-state index contributed by atoms with van der Waals surface area (Å²) in [5.41, 5.74) is 2.61. The third-order valence-corrected chi connectivity index (χ3v) is 3.15. The highest BCUT2D eigenvalue weighted by Crippen LogP contribution is 2.24. The van der Waals surface area contributed by atoms with Crippen molar-refractivity contribution in [2.24, 2.45) is 0 Å². The molecule has 2 heterocycles. The fourth-order valence-corrected chi connectivity index (χ4v) is 2.19. The monoisotopic (exact) mass is 261 g/mol. The van der Waals surface area contributed by atoms with Crippen molar-refractivity contribution in [2.75, 3.05) is 0 Å². The van der Waals surface area contributed by atoms with Gasteiger partial charge in [0.1, 0.15) is 0 Å². The number of nitrogens with zero attached hydrogens (tertiary/aromatic N) is 3. The minimum Gasteiger partial charge on any atom is -0.417 e. The molecule has 96 valence electrons. The molecule has 2 aromatic carbocycles. The normalized spacial score (nSPS) is 11.0. The van der Waals surface area contributed by atoms with Crippen LogP contribution >= 0.6 is 0 Å². The summed E-state index contributed by atoms with van der Waals surface area (Å²) in [5.74, 6) is 1.38. The minimum absolute atomic E-state index is 0.597. The van der Waals surface area contributed by atoms with Crippen LogP contribution in [0.2, 0.25) is 0 Å². The molecule has 0 bridgehead atoms. The molecule has 0 saturated heterocycles. The first-order valence-electron chi connectivity index (χ1n) is 6.37. The number of aromatic nitrogens is 3. The van der Waals surface area contributed by atoms with Crippen molar-refractivity contribution >= 4 is 5.71 Å². The average molecular weight is 261 g/mol. The van der Waals surface area contributed by atoms with Gasteiger partial charge in [-0.15, -0.1) is 5.10 Å². The molecule has 0 aliphatic rings. The maximum atomic E-state index is 5.75. The second-order valence-electron chi connectivity index (χ2n) is 4.47. The lowest BCUT2D eigenvalue weighted by atomic mass is 10.2. The number of imidazole rings is 1. The van der Waals surface area contributed by atoms with Gasteiger partial charge in [-0.1, -0.05) is 48.5 Å². The van der Waals surface area contributed by atoms with Gasteiger partial charge in [0, 0.05) is 11.1 Å². The SMILES string of the molecule is c1ccc(-c2nn3c(-c4ccccc4)ncc3o2)cc1. The van der Waals surface area contributed by atoms with E-state index >= 15 is 0 Å². The molecule has 4 aromatic rings. The zero-order valence-electron chi connectivity index (χ0n) is 10.6. The Kier molecular flexibility index (Phi) is 2.39. The topological polar surface area (TPSA) is 43.3 Å². The van der Waals surface area contributed by atoms with E-state index in [1.54, 1.807) is 10.7 Å². The van der Waals surface area contributed by atoms with Crippen LogP contribution in [0.25, 0.3) is 28.6 Å². The summed E-state index contributed by atoms with van der Waals surface area (Å²) >= 11 is 0. The summed E-state index contributed by atoms with van der Waals surface area (Å²) in [5, 5.41) is 4.51. The zero-order chi connectivity index (χ0) is 13.4. The number of hydrogen-bond acceptors (Lipinski definition) is 3. The Morgan fingerprint density at radius 1 is 0.800 bits per heavy atom. The van der Waals surface area contributed by atoms with Crippen LogP contribution in [-0.4, -0.2) is 14.6 Å². The Morgan fingerprint density at radius 2 is 1.45 bits per heavy atom. The largest absolute Gasteiger partial charge is 0.417 e. The van der Waals surface area contributed by atoms with E-state index in [1.165, 1.54) is 0 Å². The van der Waals surface area contributed by atoms with Crippen molar-refractivity contribution in [3.05, 3.63) is 66.9 Å². The Labute approximate surface area is 115 Å². The molecule has 4 rings (SSSR count). The third-order valence-electron chi connectivity index (χ3n) is 3.15.